The largest absolute Gasteiger partial charge is 0.375 e. The molecule has 5 heteroatoms. The van der Waals surface area contributed by atoms with Crippen molar-refractivity contribution in [3.05, 3.63) is 22.7 Å². The summed E-state index contributed by atoms with van der Waals surface area (Å²) in [4.78, 5) is 16.6. The Bertz CT molecular complexity index is 425. The Balaban J connectivity index is 2.02. The molecule has 1 heterocycles. The Morgan fingerprint density at radius 2 is 2.44 bits per heavy atom. The number of aryl methyl sites for hydroxylation is 1. The molecular formula is C11H15N3OS. The van der Waals surface area contributed by atoms with Crippen LogP contribution in [0.5, 0.6) is 0 Å². The van der Waals surface area contributed by atoms with Gasteiger partial charge < -0.3 is 11.1 Å². The SMILES string of the molecule is Cc1nc(N)sc1C(=O)NC1CC=CCC1. The van der Waals surface area contributed by atoms with Gasteiger partial charge in [0.05, 0.1) is 5.69 Å². The van der Waals surface area contributed by atoms with Crippen molar-refractivity contribution in [1.82, 2.24) is 10.3 Å². The first kappa shape index (κ1) is 11.1. The molecule has 4 nitrogen and oxygen atoms in total. The number of nitrogens with one attached hydrogen (secondary N) is 1. The molecule has 0 radical (unpaired) electrons. The van der Waals surface area contributed by atoms with E-state index in [1.165, 1.54) is 11.3 Å². The Labute approximate surface area is 98.6 Å². The maximum atomic E-state index is 11.9. The minimum absolute atomic E-state index is 0.0491. The van der Waals surface area contributed by atoms with Gasteiger partial charge in [-0.15, -0.1) is 0 Å². The van der Waals surface area contributed by atoms with E-state index in [0.29, 0.717) is 15.7 Å². The van der Waals surface area contributed by atoms with E-state index in [9.17, 15) is 4.79 Å². The van der Waals surface area contributed by atoms with Gasteiger partial charge in [0.2, 0.25) is 0 Å². The zero-order valence-electron chi connectivity index (χ0n) is 9.19. The van der Waals surface area contributed by atoms with E-state index in [2.05, 4.69) is 22.5 Å². The third-order valence-corrected chi connectivity index (χ3v) is 3.61. The van der Waals surface area contributed by atoms with Gasteiger partial charge in [-0.05, 0) is 26.2 Å². The van der Waals surface area contributed by atoms with Gasteiger partial charge in [-0.1, -0.05) is 23.5 Å². The quantitative estimate of drug-likeness (QED) is 0.772. The lowest BCUT2D eigenvalue weighted by molar-refractivity contribution is 0.0938. The fourth-order valence-electron chi connectivity index (χ4n) is 1.80. The van der Waals surface area contributed by atoms with Gasteiger partial charge in [0.25, 0.3) is 5.91 Å². The predicted molar refractivity (Wildman–Crippen MR) is 65.5 cm³/mol. The smallest absolute Gasteiger partial charge is 0.263 e. The molecule has 0 aliphatic heterocycles. The number of aromatic nitrogens is 1. The molecule has 1 aliphatic rings. The summed E-state index contributed by atoms with van der Waals surface area (Å²) < 4.78 is 0. The van der Waals surface area contributed by atoms with Gasteiger partial charge in [-0.3, -0.25) is 4.79 Å². The zero-order chi connectivity index (χ0) is 11.5. The molecule has 1 atom stereocenters. The number of rotatable bonds is 2. The van der Waals surface area contributed by atoms with Gasteiger partial charge in [-0.25, -0.2) is 4.98 Å². The molecule has 1 aromatic heterocycles. The highest BCUT2D eigenvalue weighted by Crippen LogP contribution is 2.20. The highest BCUT2D eigenvalue weighted by molar-refractivity contribution is 7.17. The lowest BCUT2D eigenvalue weighted by atomic mass is 10.0. The van der Waals surface area contributed by atoms with Crippen molar-refractivity contribution >= 4 is 22.4 Å². The first-order valence-corrected chi connectivity index (χ1v) is 6.17. The van der Waals surface area contributed by atoms with Crippen molar-refractivity contribution in [2.75, 3.05) is 5.73 Å². The maximum absolute atomic E-state index is 11.9. The number of hydrogen-bond donors (Lipinski definition) is 2. The Morgan fingerprint density at radius 1 is 1.62 bits per heavy atom. The van der Waals surface area contributed by atoms with Crippen LogP contribution in [0.1, 0.15) is 34.6 Å². The molecule has 2 rings (SSSR count). The summed E-state index contributed by atoms with van der Waals surface area (Å²) in [5.41, 5.74) is 6.28. The van der Waals surface area contributed by atoms with Crippen molar-refractivity contribution < 1.29 is 4.79 Å². The Morgan fingerprint density at radius 3 is 3.00 bits per heavy atom. The molecule has 1 amide bonds. The number of anilines is 1. The van der Waals surface area contributed by atoms with Crippen LogP contribution in [0.2, 0.25) is 0 Å². The lowest BCUT2D eigenvalue weighted by Crippen LogP contribution is -2.35. The maximum Gasteiger partial charge on any atom is 0.263 e. The van der Waals surface area contributed by atoms with Crippen LogP contribution in [0, 0.1) is 6.92 Å². The molecule has 1 aliphatic carbocycles. The average molecular weight is 237 g/mol. The van der Waals surface area contributed by atoms with E-state index >= 15 is 0 Å². The molecule has 16 heavy (non-hydrogen) atoms. The summed E-state index contributed by atoms with van der Waals surface area (Å²) in [6, 6.07) is 0.250. The van der Waals surface area contributed by atoms with Crippen molar-refractivity contribution in [3.63, 3.8) is 0 Å². The molecule has 86 valence electrons. The van der Waals surface area contributed by atoms with Crippen LogP contribution in [0.15, 0.2) is 12.2 Å². The van der Waals surface area contributed by atoms with Crippen molar-refractivity contribution in [2.24, 2.45) is 0 Å². The third kappa shape index (κ3) is 2.41. The minimum Gasteiger partial charge on any atom is -0.375 e. The molecule has 1 aromatic rings. The number of hydrogen-bond acceptors (Lipinski definition) is 4. The molecule has 0 fully saturated rings. The number of carbonyl (C=O) groups is 1. The Hall–Kier alpha value is -1.36. The van der Waals surface area contributed by atoms with Crippen LogP contribution in [0.4, 0.5) is 5.13 Å². The second-order valence-electron chi connectivity index (χ2n) is 3.92. The first-order chi connectivity index (χ1) is 7.66. The lowest BCUT2D eigenvalue weighted by Gasteiger charge is -2.18. The topological polar surface area (TPSA) is 68.0 Å². The third-order valence-electron chi connectivity index (χ3n) is 2.62. The van der Waals surface area contributed by atoms with Crippen LogP contribution in [-0.2, 0) is 0 Å². The van der Waals surface area contributed by atoms with E-state index in [0.717, 1.165) is 19.3 Å². The van der Waals surface area contributed by atoms with E-state index in [1.54, 1.807) is 0 Å². The standard InChI is InChI=1S/C11H15N3OS/c1-7-9(16-11(12)13-7)10(15)14-8-5-3-2-4-6-8/h2-3,8H,4-6H2,1H3,(H2,12,13)(H,14,15). The van der Waals surface area contributed by atoms with Crippen LogP contribution >= 0.6 is 11.3 Å². The van der Waals surface area contributed by atoms with E-state index in [-0.39, 0.29) is 11.9 Å². The monoisotopic (exact) mass is 237 g/mol. The van der Waals surface area contributed by atoms with E-state index in [4.69, 9.17) is 5.73 Å². The second kappa shape index (κ2) is 4.65. The highest BCUT2D eigenvalue weighted by atomic mass is 32.1. The van der Waals surface area contributed by atoms with Crippen LogP contribution < -0.4 is 11.1 Å². The molecule has 3 N–H and O–H groups in total. The van der Waals surface area contributed by atoms with Crippen LogP contribution in [-0.4, -0.2) is 16.9 Å². The van der Waals surface area contributed by atoms with Crippen molar-refractivity contribution in [1.29, 1.82) is 0 Å². The summed E-state index contributed by atoms with van der Waals surface area (Å²) in [5.74, 6) is -0.0491. The predicted octanol–water partition coefficient (Wildman–Crippen LogP) is 1.87. The van der Waals surface area contributed by atoms with Crippen LogP contribution in [0.25, 0.3) is 0 Å². The second-order valence-corrected chi connectivity index (χ2v) is 4.95. The molecule has 0 saturated heterocycles. The number of thiazole rings is 1. The summed E-state index contributed by atoms with van der Waals surface area (Å²) in [5, 5.41) is 3.46. The van der Waals surface area contributed by atoms with E-state index in [1.807, 2.05) is 6.92 Å². The van der Waals surface area contributed by atoms with Gasteiger partial charge in [0.15, 0.2) is 5.13 Å². The number of nitrogen functional groups attached to an aromatic ring is 1. The fourth-order valence-corrected chi connectivity index (χ4v) is 2.54. The Kier molecular flexibility index (Phi) is 3.24. The average Bonchev–Trinajstić information content (AvgIpc) is 2.59. The van der Waals surface area contributed by atoms with Gasteiger partial charge in [0, 0.05) is 6.04 Å². The summed E-state index contributed by atoms with van der Waals surface area (Å²) >= 11 is 1.25. The molecule has 0 spiro atoms. The normalized spacial score (nSPS) is 19.7. The fraction of sp³-hybridized carbons (Fsp3) is 0.455. The molecule has 0 aromatic carbocycles. The summed E-state index contributed by atoms with van der Waals surface area (Å²) in [6.45, 7) is 1.81. The summed E-state index contributed by atoms with van der Waals surface area (Å²) in [6.07, 6.45) is 7.23. The number of nitrogens with two attached hydrogens (primary N) is 1. The highest BCUT2D eigenvalue weighted by Gasteiger charge is 2.18. The molecule has 0 bridgehead atoms. The number of carbonyl (C=O) groups excluding carboxylic acids is 1. The molecule has 0 saturated carbocycles. The zero-order valence-corrected chi connectivity index (χ0v) is 10.0. The van der Waals surface area contributed by atoms with Crippen molar-refractivity contribution in [3.8, 4) is 0 Å². The number of nitrogens with zero attached hydrogens (tertiary/aromatic N) is 1. The van der Waals surface area contributed by atoms with Crippen molar-refractivity contribution in [2.45, 2.75) is 32.2 Å². The molecule has 1 unspecified atom stereocenters. The van der Waals surface area contributed by atoms with Gasteiger partial charge in [-0.2, -0.15) is 0 Å². The first-order valence-electron chi connectivity index (χ1n) is 5.35. The van der Waals surface area contributed by atoms with Crippen LogP contribution in [0.3, 0.4) is 0 Å². The summed E-state index contributed by atoms with van der Waals surface area (Å²) in [7, 11) is 0. The minimum atomic E-state index is -0.0491. The number of allylic oxidation sites excluding steroid dienone is 1. The van der Waals surface area contributed by atoms with Gasteiger partial charge >= 0.3 is 0 Å². The van der Waals surface area contributed by atoms with E-state index < -0.39 is 0 Å². The van der Waals surface area contributed by atoms with Gasteiger partial charge in [0.1, 0.15) is 4.88 Å². The number of amides is 1. The molecular weight excluding hydrogens is 222 g/mol.